The summed E-state index contributed by atoms with van der Waals surface area (Å²) in [6.07, 6.45) is -0.232. The Morgan fingerprint density at radius 3 is 2.00 bits per heavy atom. The van der Waals surface area contributed by atoms with E-state index >= 15 is 0 Å². The van der Waals surface area contributed by atoms with Gasteiger partial charge in [0.15, 0.2) is 0 Å². The predicted octanol–water partition coefficient (Wildman–Crippen LogP) is 2.06. The summed E-state index contributed by atoms with van der Waals surface area (Å²) in [6.45, 7) is 1.07. The van der Waals surface area contributed by atoms with Crippen LogP contribution in [0.2, 0.25) is 0 Å². The molecule has 0 radical (unpaired) electrons. The second-order valence-corrected chi connectivity index (χ2v) is 4.12. The van der Waals surface area contributed by atoms with Gasteiger partial charge in [0.1, 0.15) is 6.61 Å². The van der Waals surface area contributed by atoms with E-state index < -0.39 is 34.6 Å². The number of allylic oxidation sites excluding steroid dienone is 1. The van der Waals surface area contributed by atoms with Crippen molar-refractivity contribution in [3.8, 4) is 0 Å². The Labute approximate surface area is 82.6 Å². The molecule has 0 amide bonds. The third kappa shape index (κ3) is 4.56. The molecule has 0 N–H and O–H groups in total. The van der Waals surface area contributed by atoms with Gasteiger partial charge in [-0.1, -0.05) is 6.08 Å². The molecule has 0 aromatic carbocycles. The molecular formula is C6H7F5O3S. The number of alkyl halides is 5. The van der Waals surface area contributed by atoms with Crippen molar-refractivity contribution in [2.45, 2.75) is 17.9 Å². The van der Waals surface area contributed by atoms with Crippen molar-refractivity contribution < 1.29 is 34.6 Å². The van der Waals surface area contributed by atoms with Crippen LogP contribution in [-0.4, -0.2) is 26.5 Å². The highest BCUT2D eigenvalue weighted by Gasteiger charge is 2.48. The van der Waals surface area contributed by atoms with Crippen molar-refractivity contribution in [1.29, 1.82) is 0 Å². The third-order valence-electron chi connectivity index (χ3n) is 1.15. The molecule has 15 heavy (non-hydrogen) atoms. The van der Waals surface area contributed by atoms with Gasteiger partial charge in [-0.05, 0) is 0 Å². The molecule has 0 atom stereocenters. The number of rotatable bonds is 5. The zero-order valence-corrected chi connectivity index (χ0v) is 8.04. The van der Waals surface area contributed by atoms with Crippen LogP contribution >= 0.6 is 0 Å². The Balaban J connectivity index is 4.47. The fourth-order valence-corrected chi connectivity index (χ4v) is 0.962. The molecule has 0 aromatic rings. The van der Waals surface area contributed by atoms with E-state index in [0.717, 1.165) is 6.08 Å². The number of halogens is 5. The normalized spacial score (nSPS) is 13.9. The third-order valence-corrected chi connectivity index (χ3v) is 2.15. The highest BCUT2D eigenvalue weighted by atomic mass is 32.2. The van der Waals surface area contributed by atoms with E-state index in [9.17, 15) is 30.4 Å². The average molecular weight is 254 g/mol. The first-order valence-electron chi connectivity index (χ1n) is 3.46. The van der Waals surface area contributed by atoms with Gasteiger partial charge in [-0.2, -0.15) is 21.6 Å². The SMILES string of the molecule is C=CCC(F)(F)COS(=O)(=O)C(F)(F)F. The van der Waals surface area contributed by atoms with Crippen molar-refractivity contribution >= 4 is 10.1 Å². The molecular weight excluding hydrogens is 247 g/mol. The van der Waals surface area contributed by atoms with Gasteiger partial charge in [-0.25, -0.2) is 8.78 Å². The summed E-state index contributed by atoms with van der Waals surface area (Å²) in [7, 11) is -5.96. The largest absolute Gasteiger partial charge is 0.523 e. The Kier molecular flexibility index (Phi) is 4.23. The fraction of sp³-hybridized carbons (Fsp3) is 0.667. The predicted molar refractivity (Wildman–Crippen MR) is 40.7 cm³/mol. The Morgan fingerprint density at radius 2 is 1.67 bits per heavy atom. The van der Waals surface area contributed by atoms with Crippen LogP contribution in [0.25, 0.3) is 0 Å². The van der Waals surface area contributed by atoms with Crippen LogP contribution in [0.15, 0.2) is 12.7 Å². The molecule has 90 valence electrons. The first-order valence-corrected chi connectivity index (χ1v) is 4.87. The van der Waals surface area contributed by atoms with Gasteiger partial charge >= 0.3 is 15.6 Å². The maximum absolute atomic E-state index is 12.5. The first kappa shape index (κ1) is 14.3. The van der Waals surface area contributed by atoms with E-state index in [1.807, 2.05) is 0 Å². The molecule has 0 heterocycles. The summed E-state index contributed by atoms with van der Waals surface area (Å²) in [5, 5.41) is 0. The lowest BCUT2D eigenvalue weighted by molar-refractivity contribution is -0.0709. The topological polar surface area (TPSA) is 43.4 Å². The van der Waals surface area contributed by atoms with Crippen LogP contribution in [0.1, 0.15) is 6.42 Å². The first-order chi connectivity index (χ1) is 6.52. The lowest BCUT2D eigenvalue weighted by atomic mass is 10.2. The zero-order chi connectivity index (χ0) is 12.3. The van der Waals surface area contributed by atoms with Gasteiger partial charge in [-0.3, -0.25) is 4.18 Å². The van der Waals surface area contributed by atoms with Crippen LogP contribution < -0.4 is 0 Å². The molecule has 0 rings (SSSR count). The van der Waals surface area contributed by atoms with Crippen LogP contribution in [0.5, 0.6) is 0 Å². The van der Waals surface area contributed by atoms with Gasteiger partial charge in [0.25, 0.3) is 5.92 Å². The summed E-state index contributed by atoms with van der Waals surface area (Å²) >= 11 is 0. The zero-order valence-electron chi connectivity index (χ0n) is 7.22. The van der Waals surface area contributed by atoms with E-state index in [1.54, 1.807) is 0 Å². The molecule has 0 fully saturated rings. The summed E-state index contributed by atoms with van der Waals surface area (Å²) in [5.74, 6) is -3.69. The molecule has 0 aliphatic carbocycles. The van der Waals surface area contributed by atoms with Crippen LogP contribution in [-0.2, 0) is 14.3 Å². The second kappa shape index (κ2) is 4.44. The fourth-order valence-electron chi connectivity index (χ4n) is 0.501. The molecule has 0 saturated heterocycles. The number of hydrogen-bond acceptors (Lipinski definition) is 3. The molecule has 0 aromatic heterocycles. The Bertz CT molecular complexity index is 318. The molecule has 0 spiro atoms. The van der Waals surface area contributed by atoms with Crippen molar-refractivity contribution in [3.63, 3.8) is 0 Å². The van der Waals surface area contributed by atoms with E-state index in [-0.39, 0.29) is 0 Å². The summed E-state index contributed by atoms with van der Waals surface area (Å²) < 4.78 is 83.4. The van der Waals surface area contributed by atoms with Crippen molar-refractivity contribution in [2.24, 2.45) is 0 Å². The van der Waals surface area contributed by atoms with E-state index in [2.05, 4.69) is 10.8 Å². The molecule has 0 aliphatic rings. The lowest BCUT2D eigenvalue weighted by Crippen LogP contribution is -2.31. The Morgan fingerprint density at radius 1 is 1.20 bits per heavy atom. The van der Waals surface area contributed by atoms with E-state index in [1.165, 1.54) is 0 Å². The molecule has 0 saturated carbocycles. The molecule has 0 unspecified atom stereocenters. The summed E-state index contributed by atoms with van der Waals surface area (Å²) in [5.41, 5.74) is -5.70. The van der Waals surface area contributed by atoms with Crippen LogP contribution in [0.4, 0.5) is 22.0 Å². The second-order valence-electron chi connectivity index (χ2n) is 2.51. The quantitative estimate of drug-likeness (QED) is 0.326. The number of hydrogen-bond donors (Lipinski definition) is 0. The minimum atomic E-state index is -5.96. The van der Waals surface area contributed by atoms with Crippen LogP contribution in [0.3, 0.4) is 0 Å². The van der Waals surface area contributed by atoms with E-state index in [0.29, 0.717) is 0 Å². The smallest absolute Gasteiger partial charge is 0.257 e. The van der Waals surface area contributed by atoms with E-state index in [4.69, 9.17) is 0 Å². The maximum atomic E-state index is 12.5. The monoisotopic (exact) mass is 254 g/mol. The minimum absolute atomic E-state index is 0.740. The van der Waals surface area contributed by atoms with Crippen LogP contribution in [0, 0.1) is 0 Å². The van der Waals surface area contributed by atoms with Gasteiger partial charge in [0, 0.05) is 6.42 Å². The average Bonchev–Trinajstić information content (AvgIpc) is 1.99. The van der Waals surface area contributed by atoms with Crippen molar-refractivity contribution in [2.75, 3.05) is 6.61 Å². The maximum Gasteiger partial charge on any atom is 0.523 e. The molecule has 9 heteroatoms. The Hall–Kier alpha value is -0.700. The highest BCUT2D eigenvalue weighted by Crippen LogP contribution is 2.27. The summed E-state index contributed by atoms with van der Waals surface area (Å²) in [6, 6.07) is 0. The highest BCUT2D eigenvalue weighted by molar-refractivity contribution is 7.87. The van der Waals surface area contributed by atoms with Crippen molar-refractivity contribution in [3.05, 3.63) is 12.7 Å². The molecule has 0 aliphatic heterocycles. The standard InChI is InChI=1S/C6H7F5O3S/c1-2-3-5(7,8)4-14-15(12,13)6(9,10)11/h2H,1,3-4H2. The summed E-state index contributed by atoms with van der Waals surface area (Å²) in [4.78, 5) is 0. The molecule has 3 nitrogen and oxygen atoms in total. The molecule has 0 bridgehead atoms. The minimum Gasteiger partial charge on any atom is -0.257 e. The van der Waals surface area contributed by atoms with Gasteiger partial charge < -0.3 is 0 Å². The van der Waals surface area contributed by atoms with Gasteiger partial charge in [0.05, 0.1) is 0 Å². The van der Waals surface area contributed by atoms with Gasteiger partial charge in [-0.15, -0.1) is 6.58 Å². The van der Waals surface area contributed by atoms with Crippen molar-refractivity contribution in [1.82, 2.24) is 0 Å². The lowest BCUT2D eigenvalue weighted by Gasteiger charge is -2.14. The van der Waals surface area contributed by atoms with Gasteiger partial charge in [0.2, 0.25) is 0 Å².